The Hall–Kier alpha value is -0.760. The fourth-order valence-corrected chi connectivity index (χ4v) is 3.90. The lowest BCUT2D eigenvalue weighted by atomic mass is 9.61. The molecule has 1 heterocycles. The molecule has 0 aromatic rings. The Morgan fingerprint density at radius 1 is 1.47 bits per heavy atom. The van der Waals surface area contributed by atoms with Crippen molar-refractivity contribution >= 4 is 17.5 Å². The van der Waals surface area contributed by atoms with Gasteiger partial charge in [0.05, 0.1) is 0 Å². The van der Waals surface area contributed by atoms with Gasteiger partial charge in [-0.1, -0.05) is 35.7 Å². The number of halogens is 1. The van der Waals surface area contributed by atoms with Gasteiger partial charge in [-0.3, -0.25) is 4.79 Å². The molecule has 92 valence electrons. The average Bonchev–Trinajstić information content (AvgIpc) is 2.30. The molecule has 0 saturated carbocycles. The number of carbonyl (C=O) groups excluding carboxylic acids is 1. The molecule has 1 saturated heterocycles. The predicted octanol–water partition coefficient (Wildman–Crippen LogP) is 3.28. The number of carbonyl (C=O) groups is 1. The average molecular weight is 252 g/mol. The standard InChI is InChI=1S/C14H18ClNO/c1-14-7-6-13(17)16-12(14)5-2-9-8-10(15)3-4-11(9)14/h3,12H,2,4-8H2,1H3,(H,16,17). The molecule has 2 nitrogen and oxygen atoms in total. The number of piperidine rings is 1. The normalized spacial score (nSPS) is 36.9. The molecular formula is C14H18ClNO. The lowest BCUT2D eigenvalue weighted by molar-refractivity contribution is -0.125. The van der Waals surface area contributed by atoms with Crippen molar-refractivity contribution in [2.24, 2.45) is 5.41 Å². The monoisotopic (exact) mass is 251 g/mol. The molecule has 3 rings (SSSR count). The van der Waals surface area contributed by atoms with Gasteiger partial charge >= 0.3 is 0 Å². The van der Waals surface area contributed by atoms with Crippen molar-refractivity contribution in [2.75, 3.05) is 0 Å². The van der Waals surface area contributed by atoms with Gasteiger partial charge in [-0.05, 0) is 25.7 Å². The van der Waals surface area contributed by atoms with Crippen LogP contribution in [0.3, 0.4) is 0 Å². The summed E-state index contributed by atoms with van der Waals surface area (Å²) in [4.78, 5) is 11.5. The highest BCUT2D eigenvalue weighted by molar-refractivity contribution is 6.29. The molecule has 0 bridgehead atoms. The maximum absolute atomic E-state index is 11.5. The Balaban J connectivity index is 1.95. The second-order valence-electron chi connectivity index (χ2n) is 5.69. The van der Waals surface area contributed by atoms with Crippen molar-refractivity contribution < 1.29 is 4.79 Å². The number of fused-ring (bicyclic) bond motifs is 2. The molecule has 17 heavy (non-hydrogen) atoms. The highest BCUT2D eigenvalue weighted by atomic mass is 35.5. The molecular weight excluding hydrogens is 234 g/mol. The van der Waals surface area contributed by atoms with Gasteiger partial charge in [0.1, 0.15) is 0 Å². The van der Waals surface area contributed by atoms with Crippen LogP contribution < -0.4 is 5.32 Å². The number of rotatable bonds is 0. The van der Waals surface area contributed by atoms with Gasteiger partial charge in [0, 0.05) is 29.3 Å². The van der Waals surface area contributed by atoms with Crippen molar-refractivity contribution in [2.45, 2.75) is 51.5 Å². The fraction of sp³-hybridized carbons (Fsp3) is 0.643. The fourth-order valence-electron chi connectivity index (χ4n) is 3.66. The zero-order chi connectivity index (χ0) is 12.0. The van der Waals surface area contributed by atoms with Gasteiger partial charge in [-0.15, -0.1) is 0 Å². The van der Waals surface area contributed by atoms with Crippen LogP contribution in [0.4, 0.5) is 0 Å². The second kappa shape index (κ2) is 3.88. The Morgan fingerprint density at radius 3 is 3.12 bits per heavy atom. The van der Waals surface area contributed by atoms with E-state index in [1.807, 2.05) is 0 Å². The van der Waals surface area contributed by atoms with Gasteiger partial charge in [-0.2, -0.15) is 0 Å². The van der Waals surface area contributed by atoms with Crippen LogP contribution in [-0.4, -0.2) is 11.9 Å². The number of allylic oxidation sites excluding steroid dienone is 3. The van der Waals surface area contributed by atoms with Crippen molar-refractivity contribution in [3.8, 4) is 0 Å². The van der Waals surface area contributed by atoms with E-state index in [1.165, 1.54) is 5.57 Å². The van der Waals surface area contributed by atoms with Crippen molar-refractivity contribution in [3.63, 3.8) is 0 Å². The first-order valence-electron chi connectivity index (χ1n) is 6.45. The van der Waals surface area contributed by atoms with E-state index in [1.54, 1.807) is 5.57 Å². The summed E-state index contributed by atoms with van der Waals surface area (Å²) < 4.78 is 0. The molecule has 2 atom stereocenters. The van der Waals surface area contributed by atoms with Gasteiger partial charge in [0.2, 0.25) is 5.91 Å². The third-order valence-electron chi connectivity index (χ3n) is 4.74. The van der Waals surface area contributed by atoms with E-state index < -0.39 is 0 Å². The van der Waals surface area contributed by atoms with E-state index in [0.29, 0.717) is 12.5 Å². The van der Waals surface area contributed by atoms with Crippen LogP contribution in [0, 0.1) is 5.41 Å². The topological polar surface area (TPSA) is 29.1 Å². The molecule has 1 N–H and O–H groups in total. The van der Waals surface area contributed by atoms with Crippen molar-refractivity contribution in [1.29, 1.82) is 0 Å². The minimum atomic E-state index is 0.176. The van der Waals surface area contributed by atoms with Gasteiger partial charge in [0.15, 0.2) is 0 Å². The zero-order valence-corrected chi connectivity index (χ0v) is 10.9. The van der Waals surface area contributed by atoms with E-state index in [2.05, 4.69) is 18.3 Å². The summed E-state index contributed by atoms with van der Waals surface area (Å²) in [6, 6.07) is 0.341. The van der Waals surface area contributed by atoms with Crippen LogP contribution in [0.25, 0.3) is 0 Å². The number of hydrogen-bond acceptors (Lipinski definition) is 1. The molecule has 2 aliphatic carbocycles. The molecule has 1 fully saturated rings. The summed E-state index contributed by atoms with van der Waals surface area (Å²) in [5, 5.41) is 4.17. The first-order chi connectivity index (χ1) is 8.09. The Bertz CT molecular complexity index is 438. The van der Waals surface area contributed by atoms with Crippen LogP contribution in [0.1, 0.15) is 45.4 Å². The molecule has 1 amide bonds. The van der Waals surface area contributed by atoms with E-state index in [9.17, 15) is 4.79 Å². The van der Waals surface area contributed by atoms with Gasteiger partial charge in [-0.25, -0.2) is 0 Å². The van der Waals surface area contributed by atoms with Crippen LogP contribution >= 0.6 is 11.6 Å². The number of amides is 1. The summed E-state index contributed by atoms with van der Waals surface area (Å²) in [6.45, 7) is 2.32. The van der Waals surface area contributed by atoms with E-state index >= 15 is 0 Å². The van der Waals surface area contributed by atoms with Crippen LogP contribution in [0.5, 0.6) is 0 Å². The molecule has 0 spiro atoms. The minimum Gasteiger partial charge on any atom is -0.352 e. The summed E-state index contributed by atoms with van der Waals surface area (Å²) in [7, 11) is 0. The number of hydrogen-bond donors (Lipinski definition) is 1. The molecule has 0 radical (unpaired) electrons. The maximum Gasteiger partial charge on any atom is 0.220 e. The van der Waals surface area contributed by atoms with Gasteiger partial charge in [0.25, 0.3) is 0 Å². The maximum atomic E-state index is 11.5. The quantitative estimate of drug-likeness (QED) is 0.658. The Kier molecular flexibility index (Phi) is 2.58. The lowest BCUT2D eigenvalue weighted by Gasteiger charge is -2.48. The molecule has 2 unspecified atom stereocenters. The third-order valence-corrected chi connectivity index (χ3v) is 5.02. The zero-order valence-electron chi connectivity index (χ0n) is 10.2. The van der Waals surface area contributed by atoms with Crippen molar-refractivity contribution in [1.82, 2.24) is 5.32 Å². The van der Waals surface area contributed by atoms with Gasteiger partial charge < -0.3 is 5.32 Å². The molecule has 0 aromatic carbocycles. The van der Waals surface area contributed by atoms with Crippen LogP contribution in [0.2, 0.25) is 0 Å². The summed E-state index contributed by atoms with van der Waals surface area (Å²) in [5.41, 5.74) is 3.26. The SMILES string of the molecule is CC12CCC(=O)NC1CCC1=C2CC=C(Cl)C1. The first kappa shape index (κ1) is 11.3. The minimum absolute atomic E-state index is 0.176. The first-order valence-corrected chi connectivity index (χ1v) is 6.82. The molecule has 3 aliphatic rings. The van der Waals surface area contributed by atoms with E-state index in [0.717, 1.165) is 37.1 Å². The Labute approximate surface area is 107 Å². The smallest absolute Gasteiger partial charge is 0.220 e. The van der Waals surface area contributed by atoms with E-state index in [-0.39, 0.29) is 11.3 Å². The van der Waals surface area contributed by atoms with Crippen molar-refractivity contribution in [3.05, 3.63) is 22.3 Å². The van der Waals surface area contributed by atoms with Crippen LogP contribution in [-0.2, 0) is 4.79 Å². The Morgan fingerprint density at radius 2 is 2.29 bits per heavy atom. The summed E-state index contributed by atoms with van der Waals surface area (Å²) in [6.07, 6.45) is 7.90. The molecule has 3 heteroatoms. The van der Waals surface area contributed by atoms with Crippen LogP contribution in [0.15, 0.2) is 22.3 Å². The lowest BCUT2D eigenvalue weighted by Crippen LogP contribution is -2.53. The molecule has 1 aliphatic heterocycles. The second-order valence-corrected chi connectivity index (χ2v) is 6.18. The highest BCUT2D eigenvalue weighted by Crippen LogP contribution is 2.50. The third kappa shape index (κ3) is 1.74. The summed E-state index contributed by atoms with van der Waals surface area (Å²) in [5.74, 6) is 0.223. The highest BCUT2D eigenvalue weighted by Gasteiger charge is 2.45. The summed E-state index contributed by atoms with van der Waals surface area (Å²) >= 11 is 6.14. The van der Waals surface area contributed by atoms with E-state index in [4.69, 9.17) is 11.6 Å². The largest absolute Gasteiger partial charge is 0.352 e. The number of nitrogens with one attached hydrogen (secondary N) is 1. The molecule has 0 aromatic heterocycles. The predicted molar refractivity (Wildman–Crippen MR) is 68.7 cm³/mol.